The van der Waals surface area contributed by atoms with Crippen LogP contribution in [0.5, 0.6) is 0 Å². The maximum Gasteiger partial charge on any atom is 0.269 e. The summed E-state index contributed by atoms with van der Waals surface area (Å²) < 4.78 is 80.9. The molecule has 2 fully saturated rings. The minimum absolute atomic E-state index is 0.00964. The van der Waals surface area contributed by atoms with Gasteiger partial charge in [-0.25, -0.2) is 35.6 Å². The number of anilines is 2. The summed E-state index contributed by atoms with van der Waals surface area (Å²) in [6.45, 7) is 2.94. The fourth-order valence-electron chi connectivity index (χ4n) is 6.91. The van der Waals surface area contributed by atoms with Gasteiger partial charge in [-0.05, 0) is 65.7 Å². The number of non-ortho nitro benzene ring substituents is 2. The van der Waals surface area contributed by atoms with Crippen LogP contribution in [0.25, 0.3) is 0 Å². The highest BCUT2D eigenvalue weighted by Gasteiger charge is 2.31. The summed E-state index contributed by atoms with van der Waals surface area (Å²) in [7, 11) is -7.47. The number of nitro groups is 2. The van der Waals surface area contributed by atoms with Gasteiger partial charge in [0.15, 0.2) is 10.3 Å². The van der Waals surface area contributed by atoms with Gasteiger partial charge in [0.2, 0.25) is 20.0 Å². The Morgan fingerprint density at radius 1 is 0.562 bits per heavy atom. The number of thiazole rings is 2. The second kappa shape index (κ2) is 19.9. The van der Waals surface area contributed by atoms with Crippen molar-refractivity contribution in [3.8, 4) is 0 Å². The molecule has 2 aliphatic heterocycles. The fraction of sp³-hybridized carbons (Fsp3) is 0.250. The van der Waals surface area contributed by atoms with E-state index in [-0.39, 0.29) is 34.3 Å². The molecule has 4 heterocycles. The molecule has 0 amide bonds. The Morgan fingerprint density at radius 2 is 0.922 bits per heavy atom. The fourth-order valence-corrected chi connectivity index (χ4v) is 12.1. The lowest BCUT2D eigenvalue weighted by molar-refractivity contribution is -0.385. The number of hydrogen-bond donors (Lipinski definition) is 0. The van der Waals surface area contributed by atoms with Gasteiger partial charge in [-0.1, -0.05) is 23.2 Å². The SMILES string of the molecule is O=[N+]([O-])c1ccc(S(=O)(=O)N2CCN(c3nc(Cc4cc(Cl)cc(Cl)c4)cs3)CC2)cc1.O=[N+]([O-])c1ccc(S(=O)(=O)N2CCN(c3nc(Cc4cc(F)cc(F)c4)cs3)CC2)cc1. The van der Waals surface area contributed by atoms with Crippen LogP contribution in [-0.4, -0.2) is 97.6 Å². The van der Waals surface area contributed by atoms with Crippen molar-refractivity contribution in [1.29, 1.82) is 0 Å². The van der Waals surface area contributed by atoms with E-state index >= 15 is 0 Å². The first-order valence-corrected chi connectivity index (χ1v) is 24.6. The van der Waals surface area contributed by atoms with Gasteiger partial charge in [0, 0.05) is 116 Å². The van der Waals surface area contributed by atoms with E-state index in [1.54, 1.807) is 6.07 Å². The molecule has 16 nitrogen and oxygen atoms in total. The minimum Gasteiger partial charge on any atom is -0.345 e. The third kappa shape index (κ3) is 11.4. The van der Waals surface area contributed by atoms with Crippen LogP contribution in [0, 0.1) is 31.9 Å². The molecule has 0 N–H and O–H groups in total. The van der Waals surface area contributed by atoms with Crippen LogP contribution in [-0.2, 0) is 32.9 Å². The molecule has 0 bridgehead atoms. The summed E-state index contributed by atoms with van der Waals surface area (Å²) in [5.74, 6) is -1.28. The average molecular weight is 994 g/mol. The number of hydrogen-bond acceptors (Lipinski definition) is 14. The highest BCUT2D eigenvalue weighted by Crippen LogP contribution is 2.29. The van der Waals surface area contributed by atoms with E-state index < -0.39 is 41.5 Å². The topological polar surface area (TPSA) is 193 Å². The first-order valence-electron chi connectivity index (χ1n) is 19.2. The van der Waals surface area contributed by atoms with Crippen molar-refractivity contribution in [2.45, 2.75) is 22.6 Å². The molecule has 24 heteroatoms. The molecule has 0 spiro atoms. The van der Waals surface area contributed by atoms with Gasteiger partial charge in [-0.3, -0.25) is 20.2 Å². The Balaban J connectivity index is 0.000000191. The number of benzene rings is 4. The molecule has 0 unspecified atom stereocenters. The number of aromatic nitrogens is 2. The zero-order chi connectivity index (χ0) is 45.8. The van der Waals surface area contributed by atoms with Gasteiger partial charge < -0.3 is 9.80 Å². The second-order valence-electron chi connectivity index (χ2n) is 14.4. The minimum atomic E-state index is -3.76. The average Bonchev–Trinajstić information content (AvgIpc) is 3.93. The number of sulfonamides is 2. The van der Waals surface area contributed by atoms with Gasteiger partial charge in [0.05, 0.1) is 31.0 Å². The molecule has 0 atom stereocenters. The van der Waals surface area contributed by atoms with Gasteiger partial charge in [0.25, 0.3) is 11.4 Å². The smallest absolute Gasteiger partial charge is 0.269 e. The zero-order valence-corrected chi connectivity index (χ0v) is 38.1. The van der Waals surface area contributed by atoms with Gasteiger partial charge in [0.1, 0.15) is 11.6 Å². The molecule has 0 saturated carbocycles. The Kier molecular flexibility index (Phi) is 14.5. The summed E-state index contributed by atoms with van der Waals surface area (Å²) >= 11 is 15.0. The Bertz CT molecular complexity index is 2640. The molecule has 4 aromatic carbocycles. The van der Waals surface area contributed by atoms with Crippen molar-refractivity contribution in [2.75, 3.05) is 62.2 Å². The predicted molar refractivity (Wildman–Crippen MR) is 241 cm³/mol. The Morgan fingerprint density at radius 3 is 1.28 bits per heavy atom. The van der Waals surface area contributed by atoms with Gasteiger partial charge in [-0.2, -0.15) is 8.61 Å². The van der Waals surface area contributed by atoms with E-state index in [0.717, 1.165) is 22.5 Å². The van der Waals surface area contributed by atoms with Gasteiger partial charge in [-0.15, -0.1) is 22.7 Å². The standard InChI is InChI=1S/C20H18Cl2N4O4S2.C20H18F2N4O4S2/c2*21-15-9-14(10-16(22)12-15)11-17-13-31-20(23-17)24-5-7-25(8-6-24)32(29,30)19-3-1-18(2-4-19)26(27)28/h2*1-4,9-10,12-13H,5-8,11H2. The molecule has 6 aromatic rings. The molecule has 0 aliphatic carbocycles. The van der Waals surface area contributed by atoms with Gasteiger partial charge >= 0.3 is 0 Å². The number of nitrogens with zero attached hydrogens (tertiary/aromatic N) is 8. The van der Waals surface area contributed by atoms with E-state index in [1.165, 1.54) is 91.9 Å². The Labute approximate surface area is 384 Å². The lowest BCUT2D eigenvalue weighted by Gasteiger charge is -2.33. The van der Waals surface area contributed by atoms with Crippen LogP contribution in [0.4, 0.5) is 30.4 Å². The van der Waals surface area contributed by atoms with Crippen molar-refractivity contribution in [3.63, 3.8) is 0 Å². The molecule has 2 aliphatic rings. The van der Waals surface area contributed by atoms with Crippen LogP contribution in [0.1, 0.15) is 22.5 Å². The summed E-state index contributed by atoms with van der Waals surface area (Å²) in [4.78, 5) is 33.7. The first kappa shape index (κ1) is 46.8. The lowest BCUT2D eigenvalue weighted by atomic mass is 10.1. The van der Waals surface area contributed by atoms with E-state index in [4.69, 9.17) is 23.2 Å². The van der Waals surface area contributed by atoms with Crippen molar-refractivity contribution >= 4 is 87.6 Å². The predicted octanol–water partition coefficient (Wildman–Crippen LogP) is 7.89. The second-order valence-corrected chi connectivity index (χ2v) is 20.9. The van der Waals surface area contributed by atoms with Crippen molar-refractivity contribution in [2.24, 2.45) is 0 Å². The molecule has 336 valence electrons. The lowest BCUT2D eigenvalue weighted by Crippen LogP contribution is -2.48. The molecule has 0 radical (unpaired) electrons. The van der Waals surface area contributed by atoms with Crippen molar-refractivity contribution in [3.05, 3.63) is 160 Å². The molecular weight excluding hydrogens is 958 g/mol. The number of rotatable bonds is 12. The van der Waals surface area contributed by atoms with Crippen LogP contribution in [0.15, 0.2) is 105 Å². The normalized spacial score (nSPS) is 15.1. The molecule has 2 saturated heterocycles. The molecule has 2 aromatic heterocycles. The van der Waals surface area contributed by atoms with E-state index in [9.17, 15) is 45.8 Å². The molecule has 64 heavy (non-hydrogen) atoms. The van der Waals surface area contributed by atoms with Crippen LogP contribution in [0.2, 0.25) is 10.0 Å². The summed E-state index contributed by atoms with van der Waals surface area (Å²) in [5, 5.41) is 28.1. The summed E-state index contributed by atoms with van der Waals surface area (Å²) in [6.07, 6.45) is 0.894. The number of nitro benzene ring substituents is 2. The summed E-state index contributed by atoms with van der Waals surface area (Å²) in [5.41, 5.74) is 2.71. The first-order chi connectivity index (χ1) is 30.4. The third-order valence-electron chi connectivity index (χ3n) is 10.1. The van der Waals surface area contributed by atoms with Crippen molar-refractivity contribution in [1.82, 2.24) is 18.6 Å². The largest absolute Gasteiger partial charge is 0.345 e. The van der Waals surface area contributed by atoms with E-state index in [1.807, 2.05) is 27.8 Å². The highest BCUT2D eigenvalue weighted by atomic mass is 35.5. The van der Waals surface area contributed by atoms with Crippen LogP contribution < -0.4 is 9.80 Å². The van der Waals surface area contributed by atoms with Crippen LogP contribution >= 0.6 is 45.9 Å². The maximum atomic E-state index is 13.4. The Hall–Kier alpha value is -5.20. The monoisotopic (exact) mass is 992 g/mol. The van der Waals surface area contributed by atoms with Crippen molar-refractivity contribution < 1.29 is 35.5 Å². The van der Waals surface area contributed by atoms with E-state index in [0.29, 0.717) is 78.5 Å². The summed E-state index contributed by atoms with van der Waals surface area (Å²) in [6, 6.07) is 18.5. The number of piperazine rings is 2. The van der Waals surface area contributed by atoms with Crippen LogP contribution in [0.3, 0.4) is 0 Å². The molecule has 8 rings (SSSR count). The molecular formula is C40H36Cl2F2N8O8S4. The quantitative estimate of drug-likeness (QED) is 0.0852. The maximum absolute atomic E-state index is 13.4. The van der Waals surface area contributed by atoms with E-state index in [2.05, 4.69) is 14.9 Å². The zero-order valence-electron chi connectivity index (χ0n) is 33.3. The highest BCUT2D eigenvalue weighted by molar-refractivity contribution is 7.89. The third-order valence-corrected chi connectivity index (χ3v) is 16.2. The number of halogens is 4.